The third kappa shape index (κ3) is 1.34. The first-order valence-electron chi connectivity index (χ1n) is 5.46. The molecule has 4 heteroatoms. The average molecular weight is 192 g/mol. The SMILES string of the molecule is Cn1nc(C2CC2)nc1C1CCNC1. The first-order valence-corrected chi connectivity index (χ1v) is 5.46. The second-order valence-electron chi connectivity index (χ2n) is 4.42. The Hall–Kier alpha value is -0.900. The molecule has 1 atom stereocenters. The van der Waals surface area contributed by atoms with Gasteiger partial charge in [-0.05, 0) is 25.8 Å². The van der Waals surface area contributed by atoms with Gasteiger partial charge in [0.05, 0.1) is 0 Å². The summed E-state index contributed by atoms with van der Waals surface area (Å²) in [5.74, 6) is 3.51. The van der Waals surface area contributed by atoms with Crippen LogP contribution in [0, 0.1) is 0 Å². The van der Waals surface area contributed by atoms with Crippen molar-refractivity contribution in [1.29, 1.82) is 0 Å². The molecule has 4 nitrogen and oxygen atoms in total. The summed E-state index contributed by atoms with van der Waals surface area (Å²) in [5, 5.41) is 7.87. The topological polar surface area (TPSA) is 42.7 Å². The second kappa shape index (κ2) is 3.05. The zero-order valence-electron chi connectivity index (χ0n) is 8.53. The molecular weight excluding hydrogens is 176 g/mol. The molecule has 2 heterocycles. The molecule has 1 unspecified atom stereocenters. The highest BCUT2D eigenvalue weighted by Gasteiger charge is 2.30. The van der Waals surface area contributed by atoms with Crippen molar-refractivity contribution in [1.82, 2.24) is 20.1 Å². The molecule has 1 N–H and O–H groups in total. The highest BCUT2D eigenvalue weighted by Crippen LogP contribution is 2.38. The van der Waals surface area contributed by atoms with E-state index in [0.29, 0.717) is 11.8 Å². The zero-order valence-corrected chi connectivity index (χ0v) is 8.53. The van der Waals surface area contributed by atoms with Crippen molar-refractivity contribution in [3.05, 3.63) is 11.6 Å². The maximum Gasteiger partial charge on any atom is 0.154 e. The summed E-state index contributed by atoms with van der Waals surface area (Å²) in [6.07, 6.45) is 3.77. The van der Waals surface area contributed by atoms with Gasteiger partial charge in [-0.1, -0.05) is 0 Å². The quantitative estimate of drug-likeness (QED) is 0.752. The standard InChI is InChI=1S/C10H16N4/c1-14-10(8-4-5-11-6-8)12-9(13-14)7-2-3-7/h7-8,11H,2-6H2,1H3. The van der Waals surface area contributed by atoms with Crippen LogP contribution in [0.25, 0.3) is 0 Å². The number of rotatable bonds is 2. The Balaban J connectivity index is 1.88. The van der Waals surface area contributed by atoms with Gasteiger partial charge < -0.3 is 5.32 Å². The Morgan fingerprint density at radius 2 is 2.14 bits per heavy atom. The van der Waals surface area contributed by atoms with Crippen LogP contribution in [0.1, 0.15) is 42.7 Å². The number of hydrogen-bond acceptors (Lipinski definition) is 3. The number of nitrogens with one attached hydrogen (secondary N) is 1. The predicted molar refractivity (Wildman–Crippen MR) is 53.2 cm³/mol. The summed E-state index contributed by atoms with van der Waals surface area (Å²) in [4.78, 5) is 4.67. The second-order valence-corrected chi connectivity index (χ2v) is 4.42. The van der Waals surface area contributed by atoms with Gasteiger partial charge in [0, 0.05) is 25.4 Å². The van der Waals surface area contributed by atoms with Gasteiger partial charge in [0.1, 0.15) is 5.82 Å². The van der Waals surface area contributed by atoms with Gasteiger partial charge in [-0.15, -0.1) is 0 Å². The Morgan fingerprint density at radius 3 is 2.79 bits per heavy atom. The van der Waals surface area contributed by atoms with Gasteiger partial charge in [-0.25, -0.2) is 4.98 Å². The predicted octanol–water partition coefficient (Wildman–Crippen LogP) is 0.769. The van der Waals surface area contributed by atoms with E-state index in [-0.39, 0.29) is 0 Å². The summed E-state index contributed by atoms with van der Waals surface area (Å²) < 4.78 is 1.98. The Labute approximate surface area is 83.7 Å². The monoisotopic (exact) mass is 192 g/mol. The van der Waals surface area contributed by atoms with Crippen LogP contribution in [0.15, 0.2) is 0 Å². The first kappa shape index (κ1) is 8.41. The van der Waals surface area contributed by atoms with Crippen molar-refractivity contribution in [2.75, 3.05) is 13.1 Å². The summed E-state index contributed by atoms with van der Waals surface area (Å²) in [7, 11) is 2.02. The fraction of sp³-hybridized carbons (Fsp3) is 0.800. The van der Waals surface area contributed by atoms with E-state index in [1.54, 1.807) is 0 Å². The number of aromatic nitrogens is 3. The molecule has 76 valence electrons. The largest absolute Gasteiger partial charge is 0.316 e. The molecule has 1 aromatic heterocycles. The van der Waals surface area contributed by atoms with Gasteiger partial charge in [-0.2, -0.15) is 5.10 Å². The van der Waals surface area contributed by atoms with E-state index in [1.165, 1.54) is 25.1 Å². The molecule has 1 saturated heterocycles. The Kier molecular flexibility index (Phi) is 1.83. The van der Waals surface area contributed by atoms with E-state index in [9.17, 15) is 0 Å². The maximum absolute atomic E-state index is 4.67. The lowest BCUT2D eigenvalue weighted by atomic mass is 10.1. The van der Waals surface area contributed by atoms with Gasteiger partial charge in [0.2, 0.25) is 0 Å². The normalized spacial score (nSPS) is 27.1. The van der Waals surface area contributed by atoms with Crippen LogP contribution in [0.5, 0.6) is 0 Å². The molecule has 3 rings (SSSR count). The third-order valence-corrected chi connectivity index (χ3v) is 3.18. The zero-order chi connectivity index (χ0) is 9.54. The van der Waals surface area contributed by atoms with Crippen molar-refractivity contribution in [3.8, 4) is 0 Å². The average Bonchev–Trinajstić information content (AvgIpc) is 2.75. The first-order chi connectivity index (χ1) is 6.84. The molecule has 1 aliphatic heterocycles. The van der Waals surface area contributed by atoms with E-state index < -0.39 is 0 Å². The summed E-state index contributed by atoms with van der Waals surface area (Å²) in [6, 6.07) is 0. The molecule has 0 bridgehead atoms. The molecule has 0 amide bonds. The molecule has 0 aromatic carbocycles. The van der Waals surface area contributed by atoms with Gasteiger partial charge in [0.25, 0.3) is 0 Å². The smallest absolute Gasteiger partial charge is 0.154 e. The van der Waals surface area contributed by atoms with Crippen molar-refractivity contribution in [2.24, 2.45) is 7.05 Å². The lowest BCUT2D eigenvalue weighted by Gasteiger charge is -2.05. The third-order valence-electron chi connectivity index (χ3n) is 3.18. The lowest BCUT2D eigenvalue weighted by molar-refractivity contribution is 0.621. The molecule has 2 aliphatic rings. The van der Waals surface area contributed by atoms with E-state index in [4.69, 9.17) is 0 Å². The fourth-order valence-electron chi connectivity index (χ4n) is 2.16. The van der Waals surface area contributed by atoms with Crippen LogP contribution in [0.2, 0.25) is 0 Å². The number of aryl methyl sites for hydroxylation is 1. The molecule has 1 aliphatic carbocycles. The van der Waals surface area contributed by atoms with Crippen LogP contribution in [0.3, 0.4) is 0 Å². The van der Waals surface area contributed by atoms with Crippen molar-refractivity contribution < 1.29 is 0 Å². The molecule has 1 aromatic rings. The lowest BCUT2D eigenvalue weighted by Crippen LogP contribution is -2.11. The highest BCUT2D eigenvalue weighted by molar-refractivity contribution is 5.09. The summed E-state index contributed by atoms with van der Waals surface area (Å²) in [6.45, 7) is 2.19. The maximum atomic E-state index is 4.67. The van der Waals surface area contributed by atoms with Crippen LogP contribution in [-0.2, 0) is 7.05 Å². The minimum absolute atomic E-state index is 0.583. The number of nitrogens with zero attached hydrogens (tertiary/aromatic N) is 3. The van der Waals surface area contributed by atoms with Gasteiger partial charge in [-0.3, -0.25) is 4.68 Å². The number of hydrogen-bond donors (Lipinski definition) is 1. The minimum Gasteiger partial charge on any atom is -0.316 e. The minimum atomic E-state index is 0.583. The van der Waals surface area contributed by atoms with E-state index in [0.717, 1.165) is 18.9 Å². The molecule has 0 radical (unpaired) electrons. The van der Waals surface area contributed by atoms with Crippen LogP contribution < -0.4 is 5.32 Å². The van der Waals surface area contributed by atoms with E-state index in [1.807, 2.05) is 11.7 Å². The highest BCUT2D eigenvalue weighted by atomic mass is 15.3. The van der Waals surface area contributed by atoms with E-state index in [2.05, 4.69) is 15.4 Å². The van der Waals surface area contributed by atoms with Crippen LogP contribution in [0.4, 0.5) is 0 Å². The Bertz CT molecular complexity index is 334. The Morgan fingerprint density at radius 1 is 1.29 bits per heavy atom. The molecule has 2 fully saturated rings. The fourth-order valence-corrected chi connectivity index (χ4v) is 2.16. The summed E-state index contributed by atoms with van der Waals surface area (Å²) >= 11 is 0. The van der Waals surface area contributed by atoms with Crippen molar-refractivity contribution >= 4 is 0 Å². The molecular formula is C10H16N4. The summed E-state index contributed by atoms with van der Waals surface area (Å²) in [5.41, 5.74) is 0. The van der Waals surface area contributed by atoms with Gasteiger partial charge in [0.15, 0.2) is 5.82 Å². The van der Waals surface area contributed by atoms with Crippen molar-refractivity contribution in [2.45, 2.75) is 31.1 Å². The molecule has 0 spiro atoms. The van der Waals surface area contributed by atoms with Crippen LogP contribution >= 0.6 is 0 Å². The van der Waals surface area contributed by atoms with Crippen molar-refractivity contribution in [3.63, 3.8) is 0 Å². The molecule has 14 heavy (non-hydrogen) atoms. The van der Waals surface area contributed by atoms with Crippen LogP contribution in [-0.4, -0.2) is 27.9 Å². The van der Waals surface area contributed by atoms with Gasteiger partial charge >= 0.3 is 0 Å². The molecule has 1 saturated carbocycles. The van der Waals surface area contributed by atoms with E-state index >= 15 is 0 Å².